The lowest BCUT2D eigenvalue weighted by atomic mass is 9.96. The summed E-state index contributed by atoms with van der Waals surface area (Å²) >= 11 is 1.47. The van der Waals surface area contributed by atoms with Gasteiger partial charge in [0.25, 0.3) is 0 Å². The van der Waals surface area contributed by atoms with Gasteiger partial charge in [0.15, 0.2) is 10.8 Å². The number of aromatic nitrogens is 5. The van der Waals surface area contributed by atoms with Gasteiger partial charge in [-0.05, 0) is 50.1 Å². The number of hydrogen-bond acceptors (Lipinski definition) is 8. The summed E-state index contributed by atoms with van der Waals surface area (Å²) in [6.07, 6.45) is 3.13. The van der Waals surface area contributed by atoms with Crippen LogP contribution >= 0.6 is 11.3 Å². The summed E-state index contributed by atoms with van der Waals surface area (Å²) in [4.78, 5) is 19.5. The summed E-state index contributed by atoms with van der Waals surface area (Å²) in [6, 6.07) is 9.63. The highest BCUT2D eigenvalue weighted by Crippen LogP contribution is 2.30. The fraction of sp³-hybridized carbons (Fsp3) is 0.350. The molecular formula is C20H21N7O2S. The van der Waals surface area contributed by atoms with Gasteiger partial charge in [0.2, 0.25) is 5.91 Å². The van der Waals surface area contributed by atoms with Gasteiger partial charge in [-0.2, -0.15) is 4.52 Å². The van der Waals surface area contributed by atoms with Gasteiger partial charge in [-0.25, -0.2) is 4.98 Å². The second-order valence-electron chi connectivity index (χ2n) is 7.16. The highest BCUT2D eigenvalue weighted by Gasteiger charge is 2.26. The van der Waals surface area contributed by atoms with Crippen LogP contribution in [0.1, 0.15) is 19.8 Å². The van der Waals surface area contributed by atoms with E-state index in [0.29, 0.717) is 11.7 Å². The molecule has 1 saturated heterocycles. The van der Waals surface area contributed by atoms with Crippen LogP contribution in [0.15, 0.2) is 36.7 Å². The Morgan fingerprint density at radius 1 is 1.27 bits per heavy atom. The van der Waals surface area contributed by atoms with E-state index in [9.17, 15) is 4.79 Å². The predicted octanol–water partition coefficient (Wildman–Crippen LogP) is 2.99. The molecule has 1 amide bonds. The Hall–Kier alpha value is -3.27. The van der Waals surface area contributed by atoms with Gasteiger partial charge in [0, 0.05) is 19.0 Å². The summed E-state index contributed by atoms with van der Waals surface area (Å²) in [6.45, 7) is 4.12. The molecular weight excluding hydrogens is 402 g/mol. The molecule has 1 aliphatic rings. The van der Waals surface area contributed by atoms with E-state index in [-0.39, 0.29) is 11.8 Å². The lowest BCUT2D eigenvalue weighted by molar-refractivity contribution is -0.120. The number of carbonyl (C=O) groups is 1. The topological polar surface area (TPSA) is 97.5 Å². The molecule has 4 heterocycles. The largest absolute Gasteiger partial charge is 0.494 e. The monoisotopic (exact) mass is 423 g/mol. The van der Waals surface area contributed by atoms with Crippen molar-refractivity contribution < 1.29 is 9.53 Å². The lowest BCUT2D eigenvalue weighted by Gasteiger charge is -2.31. The first-order valence-corrected chi connectivity index (χ1v) is 10.8. The minimum absolute atomic E-state index is 0.0287. The van der Waals surface area contributed by atoms with Crippen LogP contribution < -0.4 is 15.0 Å². The Morgan fingerprint density at radius 3 is 2.97 bits per heavy atom. The number of hydrogen-bond donors (Lipinski definition) is 1. The Morgan fingerprint density at radius 2 is 2.13 bits per heavy atom. The first kappa shape index (κ1) is 18.7. The zero-order chi connectivity index (χ0) is 20.5. The van der Waals surface area contributed by atoms with Crippen molar-refractivity contribution in [3.8, 4) is 5.75 Å². The van der Waals surface area contributed by atoms with Gasteiger partial charge in [0.05, 0.1) is 16.8 Å². The van der Waals surface area contributed by atoms with Crippen LogP contribution in [-0.4, -0.2) is 50.4 Å². The van der Waals surface area contributed by atoms with Crippen molar-refractivity contribution in [2.45, 2.75) is 19.8 Å². The number of benzene rings is 1. The van der Waals surface area contributed by atoms with Crippen molar-refractivity contribution in [2.75, 3.05) is 29.9 Å². The van der Waals surface area contributed by atoms with Crippen LogP contribution in [0, 0.1) is 5.92 Å². The van der Waals surface area contributed by atoms with Crippen LogP contribution in [0.4, 0.5) is 10.9 Å². The molecule has 0 atom stereocenters. The number of amides is 1. The van der Waals surface area contributed by atoms with E-state index in [1.54, 1.807) is 10.8 Å². The standard InChI is InChI=1S/C20H21N7O2S/c1-2-29-14-3-4-15-16(11-14)30-20(22-15)23-19(28)13-7-9-26(10-8-13)18-6-5-17-24-21-12-27(17)25-18/h3-6,11-13H,2,7-10H2,1H3,(H,22,23,28). The number of nitrogens with zero attached hydrogens (tertiary/aromatic N) is 6. The number of thiazole rings is 1. The zero-order valence-electron chi connectivity index (χ0n) is 16.5. The third-order valence-electron chi connectivity index (χ3n) is 5.24. The SMILES string of the molecule is CCOc1ccc2nc(NC(=O)C3CCN(c4ccc5nncn5n4)CC3)sc2c1. The highest BCUT2D eigenvalue weighted by molar-refractivity contribution is 7.22. The number of piperidine rings is 1. The van der Waals surface area contributed by atoms with E-state index in [1.807, 2.05) is 37.3 Å². The number of rotatable bonds is 5. The van der Waals surface area contributed by atoms with Gasteiger partial charge in [-0.3, -0.25) is 4.79 Å². The number of nitrogens with one attached hydrogen (secondary N) is 1. The number of anilines is 2. The van der Waals surface area contributed by atoms with E-state index in [4.69, 9.17) is 4.74 Å². The second-order valence-corrected chi connectivity index (χ2v) is 8.19. The average Bonchev–Trinajstić information content (AvgIpc) is 3.39. The maximum atomic E-state index is 12.8. The van der Waals surface area contributed by atoms with Crippen LogP contribution in [-0.2, 0) is 4.79 Å². The fourth-order valence-corrected chi connectivity index (χ4v) is 4.58. The van der Waals surface area contributed by atoms with Gasteiger partial charge in [-0.1, -0.05) is 11.3 Å². The molecule has 0 spiro atoms. The molecule has 3 aromatic heterocycles. The van der Waals surface area contributed by atoms with Crippen molar-refractivity contribution in [1.82, 2.24) is 24.8 Å². The minimum atomic E-state index is -0.0362. The Kier molecular flexibility index (Phi) is 4.91. The molecule has 10 heteroatoms. The fourth-order valence-electron chi connectivity index (χ4n) is 3.68. The van der Waals surface area contributed by atoms with Gasteiger partial charge >= 0.3 is 0 Å². The maximum absolute atomic E-state index is 12.8. The Labute approximate surface area is 176 Å². The molecule has 0 unspecified atom stereocenters. The second kappa shape index (κ2) is 7.86. The Bertz CT molecular complexity index is 1200. The quantitative estimate of drug-likeness (QED) is 0.527. The number of ether oxygens (including phenoxy) is 1. The van der Waals surface area contributed by atoms with Crippen LogP contribution in [0.2, 0.25) is 0 Å². The molecule has 1 N–H and O–H groups in total. The zero-order valence-corrected chi connectivity index (χ0v) is 17.3. The highest BCUT2D eigenvalue weighted by atomic mass is 32.1. The van der Waals surface area contributed by atoms with Crippen LogP contribution in [0.25, 0.3) is 15.9 Å². The van der Waals surface area contributed by atoms with Gasteiger partial charge in [-0.15, -0.1) is 15.3 Å². The minimum Gasteiger partial charge on any atom is -0.494 e. The molecule has 1 aliphatic heterocycles. The summed E-state index contributed by atoms with van der Waals surface area (Å²) in [7, 11) is 0. The van der Waals surface area contributed by atoms with Crippen molar-refractivity contribution in [3.63, 3.8) is 0 Å². The van der Waals surface area contributed by atoms with Gasteiger partial charge < -0.3 is 15.0 Å². The number of fused-ring (bicyclic) bond motifs is 2. The first-order chi connectivity index (χ1) is 14.7. The van der Waals surface area contributed by atoms with Crippen molar-refractivity contribution in [3.05, 3.63) is 36.7 Å². The van der Waals surface area contributed by atoms with E-state index in [2.05, 4.69) is 30.5 Å². The molecule has 30 heavy (non-hydrogen) atoms. The molecule has 4 aromatic rings. The normalized spacial score (nSPS) is 15.0. The van der Waals surface area contributed by atoms with Gasteiger partial charge in [0.1, 0.15) is 17.9 Å². The molecule has 0 aliphatic carbocycles. The summed E-state index contributed by atoms with van der Waals surface area (Å²) in [5.41, 5.74) is 1.58. The molecule has 1 fully saturated rings. The predicted molar refractivity (Wildman–Crippen MR) is 115 cm³/mol. The summed E-state index contributed by atoms with van der Waals surface area (Å²) in [5, 5.41) is 16.0. The maximum Gasteiger partial charge on any atom is 0.229 e. The van der Waals surface area contributed by atoms with E-state index >= 15 is 0 Å². The number of carbonyl (C=O) groups excluding carboxylic acids is 1. The molecule has 1 aromatic carbocycles. The van der Waals surface area contributed by atoms with Crippen LogP contribution in [0.5, 0.6) is 5.75 Å². The molecule has 154 valence electrons. The molecule has 9 nitrogen and oxygen atoms in total. The van der Waals surface area contributed by atoms with Crippen molar-refractivity contribution in [2.24, 2.45) is 5.92 Å². The van der Waals surface area contributed by atoms with Crippen molar-refractivity contribution >= 4 is 44.1 Å². The van der Waals surface area contributed by atoms with E-state index < -0.39 is 0 Å². The smallest absolute Gasteiger partial charge is 0.229 e. The Balaban J connectivity index is 1.21. The average molecular weight is 424 g/mol. The molecule has 0 bridgehead atoms. The molecule has 0 saturated carbocycles. The first-order valence-electron chi connectivity index (χ1n) is 9.96. The van der Waals surface area contributed by atoms with E-state index in [1.165, 1.54) is 11.3 Å². The molecule has 5 rings (SSSR count). The van der Waals surface area contributed by atoms with E-state index in [0.717, 1.165) is 53.4 Å². The van der Waals surface area contributed by atoms with Crippen LogP contribution in [0.3, 0.4) is 0 Å². The lowest BCUT2D eigenvalue weighted by Crippen LogP contribution is -2.38. The third-order valence-corrected chi connectivity index (χ3v) is 6.17. The summed E-state index contributed by atoms with van der Waals surface area (Å²) in [5.74, 6) is 1.68. The van der Waals surface area contributed by atoms with Crippen molar-refractivity contribution in [1.29, 1.82) is 0 Å². The molecule has 0 radical (unpaired) electrons. The summed E-state index contributed by atoms with van der Waals surface area (Å²) < 4.78 is 8.20. The third kappa shape index (κ3) is 3.65.